The lowest BCUT2D eigenvalue weighted by atomic mass is 10.2. The molecule has 2 aliphatic rings. The number of quaternary nitrogens is 1. The maximum absolute atomic E-state index is 12.4. The van der Waals surface area contributed by atoms with Gasteiger partial charge in [-0.2, -0.15) is 0 Å². The average Bonchev–Trinajstić information content (AvgIpc) is 2.78. The number of carbonyl (C=O) groups excluding carboxylic acids is 1. The topological polar surface area (TPSA) is 52.0 Å². The van der Waals surface area contributed by atoms with Crippen LogP contribution in [0.25, 0.3) is 0 Å². The Bertz CT molecular complexity index is 510. The molecule has 3 rings (SSSR count). The van der Waals surface area contributed by atoms with Crippen LogP contribution in [0, 0.1) is 0 Å². The molecule has 1 atom stereocenters. The zero-order valence-corrected chi connectivity index (χ0v) is 12.5. The number of ether oxygens (including phenoxy) is 2. The van der Waals surface area contributed by atoms with Gasteiger partial charge in [-0.05, 0) is 44.7 Å². The number of anilines is 1. The second kappa shape index (κ2) is 6.35. The summed E-state index contributed by atoms with van der Waals surface area (Å²) in [7, 11) is 0. The predicted octanol–water partition coefficient (Wildman–Crippen LogP) is 1.20. The van der Waals surface area contributed by atoms with Crippen molar-refractivity contribution in [1.82, 2.24) is 0 Å². The Labute approximate surface area is 125 Å². The first-order valence-electron chi connectivity index (χ1n) is 7.79. The van der Waals surface area contributed by atoms with Crippen LogP contribution in [0.1, 0.15) is 32.6 Å². The fourth-order valence-electron chi connectivity index (χ4n) is 3.03. The highest BCUT2D eigenvalue weighted by Crippen LogP contribution is 2.34. The molecule has 0 unspecified atom stereocenters. The average molecular weight is 291 g/mol. The number of fused-ring (bicyclic) bond motifs is 1. The molecule has 0 radical (unpaired) electrons. The molecule has 5 heteroatoms. The lowest BCUT2D eigenvalue weighted by Crippen LogP contribution is -3.16. The van der Waals surface area contributed by atoms with Crippen LogP contribution in [0.15, 0.2) is 18.2 Å². The molecule has 0 aliphatic carbocycles. The van der Waals surface area contributed by atoms with Crippen LogP contribution in [0.2, 0.25) is 0 Å². The van der Waals surface area contributed by atoms with E-state index in [4.69, 9.17) is 9.47 Å². The van der Waals surface area contributed by atoms with Gasteiger partial charge in [-0.1, -0.05) is 0 Å². The Balaban J connectivity index is 1.62. The minimum absolute atomic E-state index is 0.0199. The van der Waals surface area contributed by atoms with Crippen molar-refractivity contribution in [3.05, 3.63) is 18.2 Å². The highest BCUT2D eigenvalue weighted by Gasteiger charge is 2.26. The van der Waals surface area contributed by atoms with E-state index in [0.717, 1.165) is 24.5 Å². The first-order chi connectivity index (χ1) is 10.2. The fraction of sp³-hybridized carbons (Fsp3) is 0.562. The normalized spacial score (nSPS) is 19.9. The van der Waals surface area contributed by atoms with Crippen molar-refractivity contribution in [3.8, 4) is 11.5 Å². The summed E-state index contributed by atoms with van der Waals surface area (Å²) in [5, 5.41) is 2.99. The van der Waals surface area contributed by atoms with Crippen LogP contribution in [0.4, 0.5) is 5.69 Å². The van der Waals surface area contributed by atoms with Gasteiger partial charge < -0.3 is 19.7 Å². The molecule has 1 amide bonds. The molecule has 0 saturated carbocycles. The molecule has 0 spiro atoms. The summed E-state index contributed by atoms with van der Waals surface area (Å²) in [6.07, 6.45) is 5.02. The second-order valence-electron chi connectivity index (χ2n) is 5.85. The number of hydrogen-bond donors (Lipinski definition) is 2. The van der Waals surface area contributed by atoms with Crippen LogP contribution in [0.3, 0.4) is 0 Å². The second-order valence-corrected chi connectivity index (χ2v) is 5.85. The Morgan fingerprint density at radius 2 is 1.86 bits per heavy atom. The Kier molecular flexibility index (Phi) is 4.29. The van der Waals surface area contributed by atoms with E-state index in [9.17, 15) is 4.79 Å². The molecule has 2 aliphatic heterocycles. The molecule has 1 aromatic carbocycles. The van der Waals surface area contributed by atoms with Crippen molar-refractivity contribution in [2.75, 3.05) is 25.2 Å². The Morgan fingerprint density at radius 1 is 1.14 bits per heavy atom. The van der Waals surface area contributed by atoms with Gasteiger partial charge in [-0.25, -0.2) is 0 Å². The lowest BCUT2D eigenvalue weighted by Gasteiger charge is -2.23. The molecule has 21 heavy (non-hydrogen) atoms. The fourth-order valence-corrected chi connectivity index (χ4v) is 3.03. The largest absolute Gasteiger partial charge is 0.454 e. The molecule has 0 aromatic heterocycles. The van der Waals surface area contributed by atoms with E-state index in [1.165, 1.54) is 30.6 Å². The standard InChI is InChI=1S/C16H22N2O3/c1-12(18-8-4-2-3-5-9-18)16(19)17-13-6-7-14-15(10-13)21-11-20-14/h6-7,10,12H,2-5,8-9,11H2,1H3,(H,17,19)/p+1/t12-/m1/s1. The Hall–Kier alpha value is -1.75. The summed E-state index contributed by atoms with van der Waals surface area (Å²) in [5.41, 5.74) is 0.769. The third-order valence-electron chi connectivity index (χ3n) is 4.39. The van der Waals surface area contributed by atoms with E-state index in [0.29, 0.717) is 5.75 Å². The summed E-state index contributed by atoms with van der Waals surface area (Å²) < 4.78 is 10.6. The maximum Gasteiger partial charge on any atom is 0.282 e. The van der Waals surface area contributed by atoms with Crippen LogP contribution < -0.4 is 19.7 Å². The van der Waals surface area contributed by atoms with Gasteiger partial charge in [0.25, 0.3) is 5.91 Å². The highest BCUT2D eigenvalue weighted by atomic mass is 16.7. The predicted molar refractivity (Wildman–Crippen MR) is 79.8 cm³/mol. The highest BCUT2D eigenvalue weighted by molar-refractivity contribution is 5.93. The van der Waals surface area contributed by atoms with Gasteiger partial charge in [0.05, 0.1) is 13.1 Å². The van der Waals surface area contributed by atoms with Gasteiger partial charge in [0.1, 0.15) is 0 Å². The van der Waals surface area contributed by atoms with Gasteiger partial charge in [-0.3, -0.25) is 4.79 Å². The van der Waals surface area contributed by atoms with Crippen molar-refractivity contribution in [1.29, 1.82) is 0 Å². The number of likely N-dealkylation sites (tertiary alicyclic amines) is 1. The van der Waals surface area contributed by atoms with Crippen LogP contribution in [-0.4, -0.2) is 31.8 Å². The number of benzene rings is 1. The zero-order valence-electron chi connectivity index (χ0n) is 12.5. The minimum atomic E-state index is -0.0199. The number of amides is 1. The van der Waals surface area contributed by atoms with Gasteiger partial charge in [-0.15, -0.1) is 0 Å². The van der Waals surface area contributed by atoms with E-state index in [-0.39, 0.29) is 18.7 Å². The van der Waals surface area contributed by atoms with E-state index in [2.05, 4.69) is 5.32 Å². The first-order valence-corrected chi connectivity index (χ1v) is 7.79. The van der Waals surface area contributed by atoms with E-state index in [1.807, 2.05) is 25.1 Å². The van der Waals surface area contributed by atoms with Crippen molar-refractivity contribution in [3.63, 3.8) is 0 Å². The van der Waals surface area contributed by atoms with Gasteiger partial charge >= 0.3 is 0 Å². The molecule has 1 saturated heterocycles. The molecular weight excluding hydrogens is 268 g/mol. The van der Waals surface area contributed by atoms with Crippen molar-refractivity contribution < 1.29 is 19.2 Å². The third-order valence-corrected chi connectivity index (χ3v) is 4.39. The van der Waals surface area contributed by atoms with Crippen molar-refractivity contribution in [2.24, 2.45) is 0 Å². The molecule has 1 aromatic rings. The smallest absolute Gasteiger partial charge is 0.282 e. The summed E-state index contributed by atoms with van der Waals surface area (Å²) in [5.74, 6) is 1.51. The van der Waals surface area contributed by atoms with E-state index in [1.54, 1.807) is 0 Å². The zero-order chi connectivity index (χ0) is 14.7. The minimum Gasteiger partial charge on any atom is -0.454 e. The number of hydrogen-bond acceptors (Lipinski definition) is 3. The SMILES string of the molecule is C[C@H](C(=O)Nc1ccc2c(c1)OCO2)[NH+]1CCCCCC1. The molecule has 1 fully saturated rings. The summed E-state index contributed by atoms with van der Waals surface area (Å²) in [4.78, 5) is 13.8. The quantitative estimate of drug-likeness (QED) is 0.880. The van der Waals surface area contributed by atoms with Crippen LogP contribution >= 0.6 is 0 Å². The molecule has 114 valence electrons. The van der Waals surface area contributed by atoms with Crippen LogP contribution in [-0.2, 0) is 4.79 Å². The molecule has 2 N–H and O–H groups in total. The van der Waals surface area contributed by atoms with Gasteiger partial charge in [0.15, 0.2) is 17.5 Å². The summed E-state index contributed by atoms with van der Waals surface area (Å²) in [6.45, 7) is 4.45. The Morgan fingerprint density at radius 3 is 2.62 bits per heavy atom. The molecular formula is C16H23N2O3+. The summed E-state index contributed by atoms with van der Waals surface area (Å²) >= 11 is 0. The maximum atomic E-state index is 12.4. The first kappa shape index (κ1) is 14.2. The number of nitrogens with one attached hydrogen (secondary N) is 2. The van der Waals surface area contributed by atoms with Crippen molar-refractivity contribution in [2.45, 2.75) is 38.6 Å². The molecule has 2 heterocycles. The van der Waals surface area contributed by atoms with Gasteiger partial charge in [0.2, 0.25) is 6.79 Å². The number of rotatable bonds is 3. The lowest BCUT2D eigenvalue weighted by molar-refractivity contribution is -0.913. The third kappa shape index (κ3) is 3.29. The summed E-state index contributed by atoms with van der Waals surface area (Å²) in [6, 6.07) is 5.50. The van der Waals surface area contributed by atoms with Crippen molar-refractivity contribution >= 4 is 11.6 Å². The number of carbonyl (C=O) groups is 1. The van der Waals surface area contributed by atoms with Crippen LogP contribution in [0.5, 0.6) is 11.5 Å². The monoisotopic (exact) mass is 291 g/mol. The molecule has 5 nitrogen and oxygen atoms in total. The van der Waals surface area contributed by atoms with E-state index < -0.39 is 0 Å². The van der Waals surface area contributed by atoms with Gasteiger partial charge in [0, 0.05) is 11.8 Å². The van der Waals surface area contributed by atoms with E-state index >= 15 is 0 Å². The molecule has 0 bridgehead atoms.